The third-order valence-electron chi connectivity index (χ3n) is 0.982. The Kier molecular flexibility index (Phi) is 3.12. The highest BCUT2D eigenvalue weighted by Crippen LogP contribution is 2.22. The Morgan fingerprint density at radius 1 is 1.60 bits per heavy atom. The second-order valence-corrected chi connectivity index (χ2v) is 4.22. The average Bonchev–Trinajstić information content (AvgIpc) is 2.31. The number of rotatable bonds is 2. The van der Waals surface area contributed by atoms with E-state index in [-0.39, 0.29) is 6.61 Å². The van der Waals surface area contributed by atoms with Crippen LogP contribution >= 0.6 is 27.3 Å². The van der Waals surface area contributed by atoms with E-state index < -0.39 is 0 Å². The minimum atomic E-state index is 0.107. The lowest BCUT2D eigenvalue weighted by Gasteiger charge is -1.79. The SMILES string of the molecule is OC/C=C/c1ccc(Br)s1. The van der Waals surface area contributed by atoms with E-state index in [0.29, 0.717) is 0 Å². The molecule has 0 saturated heterocycles. The fourth-order valence-corrected chi connectivity index (χ4v) is 1.94. The van der Waals surface area contributed by atoms with Crippen molar-refractivity contribution in [3.8, 4) is 0 Å². The summed E-state index contributed by atoms with van der Waals surface area (Å²) in [6.07, 6.45) is 3.62. The Balaban J connectivity index is 2.67. The van der Waals surface area contributed by atoms with Gasteiger partial charge in [0.2, 0.25) is 0 Å². The van der Waals surface area contributed by atoms with Crippen molar-refractivity contribution in [2.75, 3.05) is 6.61 Å². The summed E-state index contributed by atoms with van der Waals surface area (Å²) in [6, 6.07) is 3.99. The van der Waals surface area contributed by atoms with E-state index in [1.54, 1.807) is 17.4 Å². The normalized spacial score (nSPS) is 11.0. The minimum absolute atomic E-state index is 0.107. The quantitative estimate of drug-likeness (QED) is 0.810. The smallest absolute Gasteiger partial charge is 0.0704 e. The van der Waals surface area contributed by atoms with Gasteiger partial charge in [0, 0.05) is 4.88 Å². The average molecular weight is 219 g/mol. The number of halogens is 1. The molecule has 1 aromatic heterocycles. The maximum atomic E-state index is 8.44. The fourth-order valence-electron chi connectivity index (χ4n) is 0.587. The summed E-state index contributed by atoms with van der Waals surface area (Å²) in [5, 5.41) is 8.44. The van der Waals surface area contributed by atoms with Crippen molar-refractivity contribution in [3.05, 3.63) is 26.9 Å². The van der Waals surface area contributed by atoms with Crippen LogP contribution in [0.4, 0.5) is 0 Å². The van der Waals surface area contributed by atoms with E-state index in [9.17, 15) is 0 Å². The minimum Gasteiger partial charge on any atom is -0.392 e. The lowest BCUT2D eigenvalue weighted by Crippen LogP contribution is -1.68. The molecule has 0 bridgehead atoms. The van der Waals surface area contributed by atoms with E-state index in [0.717, 1.165) is 8.66 Å². The van der Waals surface area contributed by atoms with Crippen LogP contribution in [0.5, 0.6) is 0 Å². The van der Waals surface area contributed by atoms with Crippen molar-refractivity contribution in [2.45, 2.75) is 0 Å². The van der Waals surface area contributed by atoms with Crippen LogP contribution in [0.1, 0.15) is 4.88 Å². The van der Waals surface area contributed by atoms with Gasteiger partial charge in [0.05, 0.1) is 10.4 Å². The number of aliphatic hydroxyl groups is 1. The van der Waals surface area contributed by atoms with Crippen molar-refractivity contribution in [2.24, 2.45) is 0 Å². The molecule has 0 amide bonds. The first-order valence-electron chi connectivity index (χ1n) is 2.85. The van der Waals surface area contributed by atoms with Gasteiger partial charge in [0.15, 0.2) is 0 Å². The molecule has 1 rings (SSSR count). The molecule has 0 saturated carbocycles. The first-order chi connectivity index (χ1) is 4.83. The molecule has 0 unspecified atom stereocenters. The highest BCUT2D eigenvalue weighted by atomic mass is 79.9. The highest BCUT2D eigenvalue weighted by molar-refractivity contribution is 9.11. The Bertz CT molecular complexity index is 229. The lowest BCUT2D eigenvalue weighted by molar-refractivity contribution is 0.343. The van der Waals surface area contributed by atoms with Crippen LogP contribution in [0.15, 0.2) is 22.0 Å². The van der Waals surface area contributed by atoms with Crippen LogP contribution < -0.4 is 0 Å². The third-order valence-corrected chi connectivity index (χ3v) is 2.57. The van der Waals surface area contributed by atoms with E-state index in [1.807, 2.05) is 18.2 Å². The molecule has 0 aromatic carbocycles. The molecular weight excluding hydrogens is 212 g/mol. The van der Waals surface area contributed by atoms with Crippen molar-refractivity contribution < 1.29 is 5.11 Å². The van der Waals surface area contributed by atoms with Gasteiger partial charge in [-0.2, -0.15) is 0 Å². The van der Waals surface area contributed by atoms with Gasteiger partial charge in [0.25, 0.3) is 0 Å². The maximum absolute atomic E-state index is 8.44. The largest absolute Gasteiger partial charge is 0.392 e. The zero-order valence-corrected chi connectivity index (χ0v) is 7.65. The molecule has 0 spiro atoms. The van der Waals surface area contributed by atoms with Crippen molar-refractivity contribution >= 4 is 33.3 Å². The van der Waals surface area contributed by atoms with Gasteiger partial charge in [-0.1, -0.05) is 6.08 Å². The second-order valence-electron chi connectivity index (χ2n) is 1.73. The lowest BCUT2D eigenvalue weighted by atomic mass is 10.4. The second kappa shape index (κ2) is 3.91. The molecule has 1 nitrogen and oxygen atoms in total. The van der Waals surface area contributed by atoms with E-state index in [1.165, 1.54) is 0 Å². The van der Waals surface area contributed by atoms with Gasteiger partial charge in [-0.15, -0.1) is 11.3 Å². The zero-order valence-electron chi connectivity index (χ0n) is 5.25. The predicted molar refractivity (Wildman–Crippen MR) is 48.1 cm³/mol. The van der Waals surface area contributed by atoms with Crippen LogP contribution in [0.25, 0.3) is 6.08 Å². The molecule has 1 N–H and O–H groups in total. The first-order valence-corrected chi connectivity index (χ1v) is 4.46. The molecule has 54 valence electrons. The molecular formula is C7H7BrOS. The van der Waals surface area contributed by atoms with Gasteiger partial charge in [-0.25, -0.2) is 0 Å². The number of aliphatic hydroxyl groups excluding tert-OH is 1. The summed E-state index contributed by atoms with van der Waals surface area (Å²) in [7, 11) is 0. The molecule has 1 heterocycles. The number of hydrogen-bond donors (Lipinski definition) is 1. The topological polar surface area (TPSA) is 20.2 Å². The Labute approximate surface area is 72.1 Å². The standard InChI is InChI=1S/C7H7BrOS/c8-7-4-3-6(10-7)2-1-5-9/h1-4,9H,5H2/b2-1+. The Hall–Kier alpha value is -0.120. The number of hydrogen-bond acceptors (Lipinski definition) is 2. The highest BCUT2D eigenvalue weighted by Gasteiger charge is 1.90. The van der Waals surface area contributed by atoms with Gasteiger partial charge >= 0.3 is 0 Å². The summed E-state index contributed by atoms with van der Waals surface area (Å²) < 4.78 is 1.12. The fraction of sp³-hybridized carbons (Fsp3) is 0.143. The van der Waals surface area contributed by atoms with Gasteiger partial charge < -0.3 is 5.11 Å². The van der Waals surface area contributed by atoms with E-state index in [4.69, 9.17) is 5.11 Å². The van der Waals surface area contributed by atoms with Crippen LogP contribution in [0.2, 0.25) is 0 Å². The van der Waals surface area contributed by atoms with Crippen LogP contribution in [-0.2, 0) is 0 Å². The maximum Gasteiger partial charge on any atom is 0.0704 e. The Morgan fingerprint density at radius 3 is 2.90 bits per heavy atom. The molecule has 0 fully saturated rings. The van der Waals surface area contributed by atoms with Gasteiger partial charge in [0.1, 0.15) is 0 Å². The van der Waals surface area contributed by atoms with Crippen LogP contribution in [0, 0.1) is 0 Å². The Morgan fingerprint density at radius 2 is 2.40 bits per heavy atom. The molecule has 10 heavy (non-hydrogen) atoms. The molecule has 1 aromatic rings. The molecule has 0 aliphatic heterocycles. The first kappa shape index (κ1) is 7.98. The molecule has 0 aliphatic rings. The third kappa shape index (κ3) is 2.25. The number of thiophene rings is 1. The van der Waals surface area contributed by atoms with Gasteiger partial charge in [-0.3, -0.25) is 0 Å². The molecule has 3 heteroatoms. The van der Waals surface area contributed by atoms with E-state index in [2.05, 4.69) is 15.9 Å². The van der Waals surface area contributed by atoms with Crippen molar-refractivity contribution in [3.63, 3.8) is 0 Å². The molecule has 0 radical (unpaired) electrons. The summed E-state index contributed by atoms with van der Waals surface area (Å²) in [4.78, 5) is 1.15. The van der Waals surface area contributed by atoms with Crippen LogP contribution in [-0.4, -0.2) is 11.7 Å². The monoisotopic (exact) mass is 218 g/mol. The molecule has 0 aliphatic carbocycles. The van der Waals surface area contributed by atoms with Gasteiger partial charge in [-0.05, 0) is 34.1 Å². The molecule has 0 atom stereocenters. The summed E-state index contributed by atoms with van der Waals surface area (Å²) in [6.45, 7) is 0.107. The van der Waals surface area contributed by atoms with Crippen molar-refractivity contribution in [1.82, 2.24) is 0 Å². The predicted octanol–water partition coefficient (Wildman–Crippen LogP) is 2.52. The van der Waals surface area contributed by atoms with Crippen LogP contribution in [0.3, 0.4) is 0 Å². The summed E-state index contributed by atoms with van der Waals surface area (Å²) in [5.74, 6) is 0. The summed E-state index contributed by atoms with van der Waals surface area (Å²) in [5.41, 5.74) is 0. The van der Waals surface area contributed by atoms with E-state index >= 15 is 0 Å². The summed E-state index contributed by atoms with van der Waals surface area (Å²) >= 11 is 4.99. The van der Waals surface area contributed by atoms with Crippen molar-refractivity contribution in [1.29, 1.82) is 0 Å². The zero-order chi connectivity index (χ0) is 7.40.